The van der Waals surface area contributed by atoms with Crippen molar-refractivity contribution in [2.75, 3.05) is 6.54 Å². The fraction of sp³-hybridized carbons (Fsp3) is 0.571. The second-order valence-corrected chi connectivity index (χ2v) is 5.04. The van der Waals surface area contributed by atoms with Crippen LogP contribution in [0.3, 0.4) is 0 Å². The van der Waals surface area contributed by atoms with Crippen molar-refractivity contribution in [2.24, 2.45) is 0 Å². The lowest BCUT2D eigenvalue weighted by molar-refractivity contribution is 0.171. The zero-order valence-corrected chi connectivity index (χ0v) is 10.1. The Hall–Kier alpha value is -0.860. The molecular formula is C14H21NO. The fourth-order valence-corrected chi connectivity index (χ4v) is 2.32. The number of benzene rings is 1. The molecule has 0 radical (unpaired) electrons. The molecule has 2 N–H and O–H groups in total. The standard InChI is InChI=1S/C14H21NO/c1-10-4-3-5-12(6-10)13-7-14(8-13)15-9-11(2)16/h3-6,11,13-16H,7-9H2,1-2H3/t11-,13?,14?/m1/s1. The lowest BCUT2D eigenvalue weighted by Crippen LogP contribution is -2.42. The van der Waals surface area contributed by atoms with Crippen molar-refractivity contribution in [1.82, 2.24) is 5.32 Å². The van der Waals surface area contributed by atoms with Gasteiger partial charge in [-0.2, -0.15) is 0 Å². The van der Waals surface area contributed by atoms with E-state index in [1.807, 2.05) is 6.92 Å². The van der Waals surface area contributed by atoms with E-state index < -0.39 is 0 Å². The highest BCUT2D eigenvalue weighted by Crippen LogP contribution is 2.36. The lowest BCUT2D eigenvalue weighted by atomic mass is 9.75. The third-order valence-corrected chi connectivity index (χ3v) is 3.35. The number of hydrogen-bond acceptors (Lipinski definition) is 2. The average Bonchev–Trinajstić information content (AvgIpc) is 2.14. The van der Waals surface area contributed by atoms with Crippen molar-refractivity contribution in [1.29, 1.82) is 0 Å². The van der Waals surface area contributed by atoms with Crippen LogP contribution in [-0.4, -0.2) is 23.8 Å². The molecule has 1 atom stereocenters. The van der Waals surface area contributed by atoms with E-state index in [0.29, 0.717) is 18.5 Å². The summed E-state index contributed by atoms with van der Waals surface area (Å²) in [7, 11) is 0. The Morgan fingerprint density at radius 2 is 2.19 bits per heavy atom. The molecule has 1 aliphatic carbocycles. The molecule has 0 heterocycles. The molecule has 1 fully saturated rings. The molecule has 88 valence electrons. The molecule has 1 aromatic carbocycles. The van der Waals surface area contributed by atoms with Crippen molar-refractivity contribution in [2.45, 2.75) is 44.8 Å². The number of aliphatic hydroxyl groups is 1. The first-order chi connectivity index (χ1) is 7.65. The molecule has 1 saturated carbocycles. The van der Waals surface area contributed by atoms with Gasteiger partial charge in [0, 0.05) is 12.6 Å². The van der Waals surface area contributed by atoms with E-state index in [-0.39, 0.29) is 6.10 Å². The summed E-state index contributed by atoms with van der Waals surface area (Å²) in [6, 6.07) is 9.39. The monoisotopic (exact) mass is 219 g/mol. The summed E-state index contributed by atoms with van der Waals surface area (Å²) in [6.07, 6.45) is 2.17. The largest absolute Gasteiger partial charge is 0.392 e. The van der Waals surface area contributed by atoms with Crippen LogP contribution in [0.5, 0.6) is 0 Å². The van der Waals surface area contributed by atoms with Crippen LogP contribution in [0.4, 0.5) is 0 Å². The average molecular weight is 219 g/mol. The summed E-state index contributed by atoms with van der Waals surface area (Å²) in [5.74, 6) is 0.714. The van der Waals surface area contributed by atoms with Crippen molar-refractivity contribution in [3.05, 3.63) is 35.4 Å². The summed E-state index contributed by atoms with van der Waals surface area (Å²) in [4.78, 5) is 0. The molecule has 1 aromatic rings. The molecule has 16 heavy (non-hydrogen) atoms. The summed E-state index contributed by atoms with van der Waals surface area (Å²) >= 11 is 0. The molecule has 2 rings (SSSR count). The summed E-state index contributed by atoms with van der Waals surface area (Å²) in [6.45, 7) is 4.68. The predicted molar refractivity (Wildman–Crippen MR) is 66.6 cm³/mol. The number of aryl methyl sites for hydroxylation is 1. The first-order valence-corrected chi connectivity index (χ1v) is 6.13. The second kappa shape index (κ2) is 4.98. The van der Waals surface area contributed by atoms with Crippen molar-refractivity contribution < 1.29 is 5.11 Å². The third kappa shape index (κ3) is 2.83. The maximum atomic E-state index is 9.18. The molecule has 0 amide bonds. The van der Waals surface area contributed by atoms with Crippen LogP contribution in [0, 0.1) is 6.92 Å². The van der Waals surface area contributed by atoms with Gasteiger partial charge in [0.25, 0.3) is 0 Å². The van der Waals surface area contributed by atoms with E-state index in [1.54, 1.807) is 0 Å². The minimum Gasteiger partial charge on any atom is -0.392 e. The minimum atomic E-state index is -0.238. The Morgan fingerprint density at radius 1 is 1.44 bits per heavy atom. The van der Waals surface area contributed by atoms with Gasteiger partial charge in [0.1, 0.15) is 0 Å². The smallest absolute Gasteiger partial charge is 0.0636 e. The summed E-state index contributed by atoms with van der Waals surface area (Å²) < 4.78 is 0. The van der Waals surface area contributed by atoms with Gasteiger partial charge in [-0.3, -0.25) is 0 Å². The quantitative estimate of drug-likeness (QED) is 0.813. The topological polar surface area (TPSA) is 32.3 Å². The van der Waals surface area contributed by atoms with Gasteiger partial charge < -0.3 is 10.4 Å². The summed E-state index contributed by atoms with van der Waals surface area (Å²) in [5.41, 5.74) is 2.81. The Kier molecular flexibility index (Phi) is 3.62. The predicted octanol–water partition coefficient (Wildman–Crippen LogP) is 2.21. The van der Waals surface area contributed by atoms with E-state index >= 15 is 0 Å². The van der Waals surface area contributed by atoms with Crippen LogP contribution < -0.4 is 5.32 Å². The van der Waals surface area contributed by atoms with Crippen LogP contribution in [0.15, 0.2) is 24.3 Å². The van der Waals surface area contributed by atoms with E-state index in [1.165, 1.54) is 24.0 Å². The highest BCUT2D eigenvalue weighted by Gasteiger charge is 2.29. The molecule has 0 aliphatic heterocycles. The Morgan fingerprint density at radius 3 is 2.81 bits per heavy atom. The molecule has 1 aliphatic rings. The number of nitrogens with one attached hydrogen (secondary N) is 1. The third-order valence-electron chi connectivity index (χ3n) is 3.35. The Balaban J connectivity index is 1.80. The summed E-state index contributed by atoms with van der Waals surface area (Å²) in [5, 5.41) is 12.6. The Labute approximate surface area is 97.7 Å². The first kappa shape index (κ1) is 11.6. The van der Waals surface area contributed by atoms with Crippen molar-refractivity contribution >= 4 is 0 Å². The van der Waals surface area contributed by atoms with Gasteiger partial charge in [0.05, 0.1) is 6.10 Å². The highest BCUT2D eigenvalue weighted by molar-refractivity contribution is 5.27. The van der Waals surface area contributed by atoms with Gasteiger partial charge in [-0.25, -0.2) is 0 Å². The minimum absolute atomic E-state index is 0.238. The maximum Gasteiger partial charge on any atom is 0.0636 e. The maximum absolute atomic E-state index is 9.18. The molecule has 0 bridgehead atoms. The molecule has 0 spiro atoms. The SMILES string of the molecule is Cc1cccc(C2CC(NC[C@@H](C)O)C2)c1. The van der Waals surface area contributed by atoms with E-state index in [0.717, 1.165) is 0 Å². The lowest BCUT2D eigenvalue weighted by Gasteiger charge is -2.36. The normalized spacial score (nSPS) is 26.2. The molecule has 2 heteroatoms. The van der Waals surface area contributed by atoms with E-state index in [4.69, 9.17) is 0 Å². The van der Waals surface area contributed by atoms with Crippen LogP contribution in [-0.2, 0) is 0 Å². The van der Waals surface area contributed by atoms with Crippen LogP contribution in [0.2, 0.25) is 0 Å². The number of rotatable bonds is 4. The van der Waals surface area contributed by atoms with Crippen LogP contribution in [0.1, 0.15) is 36.8 Å². The number of aliphatic hydroxyl groups excluding tert-OH is 1. The van der Waals surface area contributed by atoms with E-state index in [9.17, 15) is 5.11 Å². The zero-order chi connectivity index (χ0) is 11.5. The number of hydrogen-bond donors (Lipinski definition) is 2. The van der Waals surface area contributed by atoms with Gasteiger partial charge >= 0.3 is 0 Å². The zero-order valence-electron chi connectivity index (χ0n) is 10.1. The van der Waals surface area contributed by atoms with Gasteiger partial charge in [-0.05, 0) is 38.2 Å². The molecular weight excluding hydrogens is 198 g/mol. The first-order valence-electron chi connectivity index (χ1n) is 6.13. The van der Waals surface area contributed by atoms with Crippen molar-refractivity contribution in [3.63, 3.8) is 0 Å². The highest BCUT2D eigenvalue weighted by atomic mass is 16.3. The van der Waals surface area contributed by atoms with Crippen LogP contribution in [0.25, 0.3) is 0 Å². The molecule has 0 unspecified atom stereocenters. The second-order valence-electron chi connectivity index (χ2n) is 5.04. The molecule has 2 nitrogen and oxygen atoms in total. The van der Waals surface area contributed by atoms with Gasteiger partial charge in [-0.15, -0.1) is 0 Å². The molecule has 0 saturated heterocycles. The van der Waals surface area contributed by atoms with Crippen molar-refractivity contribution in [3.8, 4) is 0 Å². The molecule has 0 aromatic heterocycles. The van der Waals surface area contributed by atoms with Gasteiger partial charge in [-0.1, -0.05) is 29.8 Å². The van der Waals surface area contributed by atoms with Crippen LogP contribution >= 0.6 is 0 Å². The van der Waals surface area contributed by atoms with Gasteiger partial charge in [0.15, 0.2) is 0 Å². The van der Waals surface area contributed by atoms with Gasteiger partial charge in [0.2, 0.25) is 0 Å². The Bertz CT molecular complexity index is 342. The fourth-order valence-electron chi connectivity index (χ4n) is 2.32. The van der Waals surface area contributed by atoms with E-state index in [2.05, 4.69) is 36.5 Å².